The smallest absolute Gasteiger partial charge is 0.278 e. The van der Waals surface area contributed by atoms with Crippen LogP contribution >= 0.6 is 11.3 Å². The van der Waals surface area contributed by atoms with Gasteiger partial charge in [-0.15, -0.1) is 0 Å². The van der Waals surface area contributed by atoms with Crippen molar-refractivity contribution in [1.82, 2.24) is 20.5 Å². The third-order valence-electron chi connectivity index (χ3n) is 3.95. The van der Waals surface area contributed by atoms with Gasteiger partial charge in [-0.25, -0.2) is 9.37 Å². The summed E-state index contributed by atoms with van der Waals surface area (Å²) in [5.74, 6) is 0.0897. The number of thiazole rings is 1. The molecule has 2 aromatic carbocycles. The molecule has 0 aliphatic carbocycles. The van der Waals surface area contributed by atoms with E-state index in [4.69, 9.17) is 4.74 Å². The monoisotopic (exact) mass is 394 g/mol. The van der Waals surface area contributed by atoms with Crippen molar-refractivity contribution in [1.29, 1.82) is 0 Å². The Morgan fingerprint density at radius 3 is 2.64 bits per heavy atom. The molecule has 4 aromatic rings. The molecule has 0 saturated heterocycles. The van der Waals surface area contributed by atoms with Crippen molar-refractivity contribution in [3.63, 3.8) is 0 Å². The number of aromatic amines is 1. The summed E-state index contributed by atoms with van der Waals surface area (Å²) in [6.45, 7) is 0.362. The first-order chi connectivity index (χ1) is 13.7. The van der Waals surface area contributed by atoms with Crippen LogP contribution in [0.5, 0.6) is 10.9 Å². The van der Waals surface area contributed by atoms with Gasteiger partial charge in [0.1, 0.15) is 17.3 Å². The fourth-order valence-electron chi connectivity index (χ4n) is 2.52. The molecule has 0 atom stereocenters. The Morgan fingerprint density at radius 1 is 1.14 bits per heavy atom. The van der Waals surface area contributed by atoms with Gasteiger partial charge in [0.05, 0.1) is 5.69 Å². The fraction of sp³-hybridized carbons (Fsp3) is 0.0500. The molecule has 6 nitrogen and oxygen atoms in total. The highest BCUT2D eigenvalue weighted by Crippen LogP contribution is 2.23. The second-order valence-electron chi connectivity index (χ2n) is 5.90. The zero-order valence-electron chi connectivity index (χ0n) is 14.6. The van der Waals surface area contributed by atoms with Gasteiger partial charge in [-0.05, 0) is 48.0 Å². The number of halogens is 1. The predicted molar refractivity (Wildman–Crippen MR) is 104 cm³/mol. The Labute approximate surface area is 164 Å². The number of carbonyl (C=O) groups excluding carboxylic acids is 1. The summed E-state index contributed by atoms with van der Waals surface area (Å²) < 4.78 is 18.6. The highest BCUT2D eigenvalue weighted by atomic mass is 32.1. The van der Waals surface area contributed by atoms with Crippen molar-refractivity contribution in [2.24, 2.45) is 0 Å². The largest absolute Gasteiger partial charge is 0.431 e. The van der Waals surface area contributed by atoms with Crippen LogP contribution in [0.3, 0.4) is 0 Å². The predicted octanol–water partition coefficient (Wildman–Crippen LogP) is 4.39. The molecular weight excluding hydrogens is 379 g/mol. The van der Waals surface area contributed by atoms with E-state index in [1.54, 1.807) is 24.4 Å². The zero-order chi connectivity index (χ0) is 19.3. The number of hydrogen-bond acceptors (Lipinski definition) is 5. The van der Waals surface area contributed by atoms with Crippen LogP contribution in [-0.2, 0) is 6.54 Å². The number of nitrogens with one attached hydrogen (secondary N) is 2. The highest BCUT2D eigenvalue weighted by molar-refractivity contribution is 7.11. The maximum atomic E-state index is 13.0. The molecule has 28 heavy (non-hydrogen) atoms. The van der Waals surface area contributed by atoms with Crippen molar-refractivity contribution in [2.75, 3.05) is 0 Å². The minimum atomic E-state index is -0.319. The SMILES string of the molecule is O=C(NCc1ccc(Oc2nccs2)cc1)c1cc(-c2ccc(F)cc2)n[nH]1. The van der Waals surface area contributed by atoms with Crippen molar-refractivity contribution in [2.45, 2.75) is 6.54 Å². The normalized spacial score (nSPS) is 10.6. The van der Waals surface area contributed by atoms with Crippen molar-refractivity contribution in [3.8, 4) is 22.2 Å². The first kappa shape index (κ1) is 17.9. The number of nitrogens with zero attached hydrogens (tertiary/aromatic N) is 2. The van der Waals surface area contributed by atoms with Gasteiger partial charge in [0, 0.05) is 23.7 Å². The number of aromatic nitrogens is 3. The van der Waals surface area contributed by atoms with Crippen LogP contribution in [0.4, 0.5) is 4.39 Å². The number of amides is 1. The minimum Gasteiger partial charge on any atom is -0.431 e. The number of H-pyrrole nitrogens is 1. The van der Waals surface area contributed by atoms with Crippen LogP contribution in [0, 0.1) is 5.82 Å². The van der Waals surface area contributed by atoms with Crippen molar-refractivity contribution in [3.05, 3.63) is 83.2 Å². The quantitative estimate of drug-likeness (QED) is 0.508. The Kier molecular flexibility index (Phi) is 5.11. The molecule has 4 rings (SSSR count). The van der Waals surface area contributed by atoms with E-state index < -0.39 is 0 Å². The molecule has 0 unspecified atom stereocenters. The Hall–Kier alpha value is -3.52. The summed E-state index contributed by atoms with van der Waals surface area (Å²) in [5, 5.41) is 12.1. The summed E-state index contributed by atoms with van der Waals surface area (Å²) in [6.07, 6.45) is 1.68. The first-order valence-electron chi connectivity index (χ1n) is 8.43. The lowest BCUT2D eigenvalue weighted by molar-refractivity contribution is 0.0946. The van der Waals surface area contributed by atoms with Crippen LogP contribution in [-0.4, -0.2) is 21.1 Å². The Bertz CT molecular complexity index is 1060. The van der Waals surface area contributed by atoms with Gasteiger partial charge in [0.15, 0.2) is 0 Å². The Balaban J connectivity index is 1.34. The highest BCUT2D eigenvalue weighted by Gasteiger charge is 2.11. The van der Waals surface area contributed by atoms with Crippen LogP contribution in [0.2, 0.25) is 0 Å². The third kappa shape index (κ3) is 4.24. The average molecular weight is 394 g/mol. The lowest BCUT2D eigenvalue weighted by Crippen LogP contribution is -2.23. The molecule has 2 aromatic heterocycles. The van der Waals surface area contributed by atoms with Gasteiger partial charge in [0.2, 0.25) is 0 Å². The lowest BCUT2D eigenvalue weighted by atomic mass is 10.1. The first-order valence-corrected chi connectivity index (χ1v) is 9.31. The molecule has 2 heterocycles. The maximum Gasteiger partial charge on any atom is 0.278 e. The molecule has 8 heteroatoms. The van der Waals surface area contributed by atoms with E-state index in [0.717, 1.165) is 11.1 Å². The zero-order valence-corrected chi connectivity index (χ0v) is 15.4. The van der Waals surface area contributed by atoms with Crippen molar-refractivity contribution >= 4 is 17.2 Å². The molecule has 140 valence electrons. The van der Waals surface area contributed by atoms with Crippen LogP contribution in [0.1, 0.15) is 16.1 Å². The van der Waals surface area contributed by atoms with Crippen LogP contribution in [0.15, 0.2) is 66.2 Å². The number of rotatable bonds is 6. The fourth-order valence-corrected chi connectivity index (χ4v) is 3.03. The van der Waals surface area contributed by atoms with E-state index in [-0.39, 0.29) is 11.7 Å². The summed E-state index contributed by atoms with van der Waals surface area (Å²) in [4.78, 5) is 16.4. The van der Waals surface area contributed by atoms with Gasteiger partial charge in [-0.2, -0.15) is 5.10 Å². The molecule has 0 spiro atoms. The third-order valence-corrected chi connectivity index (χ3v) is 4.60. The second-order valence-corrected chi connectivity index (χ2v) is 6.76. The number of carbonyl (C=O) groups is 1. The van der Waals surface area contributed by atoms with E-state index in [1.165, 1.54) is 23.5 Å². The lowest BCUT2D eigenvalue weighted by Gasteiger charge is -2.05. The molecule has 0 bridgehead atoms. The molecule has 1 amide bonds. The van der Waals surface area contributed by atoms with E-state index >= 15 is 0 Å². The molecule has 0 fully saturated rings. The molecule has 0 saturated carbocycles. The van der Waals surface area contributed by atoms with E-state index in [1.807, 2.05) is 29.6 Å². The van der Waals surface area contributed by atoms with E-state index in [9.17, 15) is 9.18 Å². The molecule has 0 aliphatic rings. The maximum absolute atomic E-state index is 13.0. The van der Waals surface area contributed by atoms with Crippen LogP contribution < -0.4 is 10.1 Å². The van der Waals surface area contributed by atoms with E-state index in [2.05, 4.69) is 20.5 Å². The Morgan fingerprint density at radius 2 is 1.93 bits per heavy atom. The molecule has 2 N–H and O–H groups in total. The van der Waals surface area contributed by atoms with Gasteiger partial charge in [-0.1, -0.05) is 23.5 Å². The standard InChI is InChI=1S/C20H15FN4O2S/c21-15-5-3-14(4-6-15)17-11-18(25-24-17)19(26)23-12-13-1-7-16(8-2-13)27-20-22-9-10-28-20/h1-11H,12H2,(H,23,26)(H,24,25). The number of hydrogen-bond donors (Lipinski definition) is 2. The average Bonchev–Trinajstić information content (AvgIpc) is 3.40. The van der Waals surface area contributed by atoms with Crippen LogP contribution in [0.25, 0.3) is 11.3 Å². The summed E-state index contributed by atoms with van der Waals surface area (Å²) in [5.41, 5.74) is 2.57. The number of ether oxygens (including phenoxy) is 1. The van der Waals surface area contributed by atoms with Crippen molar-refractivity contribution < 1.29 is 13.9 Å². The molecule has 0 radical (unpaired) electrons. The topological polar surface area (TPSA) is 79.9 Å². The van der Waals surface area contributed by atoms with Gasteiger partial charge in [-0.3, -0.25) is 9.89 Å². The summed E-state index contributed by atoms with van der Waals surface area (Å²) >= 11 is 1.42. The van der Waals surface area contributed by atoms with Gasteiger partial charge < -0.3 is 10.1 Å². The molecular formula is C20H15FN4O2S. The number of benzene rings is 2. The van der Waals surface area contributed by atoms with Gasteiger partial charge >= 0.3 is 0 Å². The van der Waals surface area contributed by atoms with E-state index in [0.29, 0.717) is 28.9 Å². The second kappa shape index (κ2) is 8.01. The van der Waals surface area contributed by atoms with Gasteiger partial charge in [0.25, 0.3) is 11.1 Å². The molecule has 0 aliphatic heterocycles. The minimum absolute atomic E-state index is 0.274. The summed E-state index contributed by atoms with van der Waals surface area (Å²) in [6, 6.07) is 15.0. The summed E-state index contributed by atoms with van der Waals surface area (Å²) in [7, 11) is 0.